The fourth-order valence-electron chi connectivity index (χ4n) is 7.81. The molecule has 8 aromatic rings. The minimum atomic E-state index is -0.0283. The van der Waals surface area contributed by atoms with Crippen molar-refractivity contribution in [3.05, 3.63) is 179 Å². The van der Waals surface area contributed by atoms with Crippen molar-refractivity contribution in [1.29, 1.82) is 0 Å². The van der Waals surface area contributed by atoms with Crippen LogP contribution < -0.4 is 0 Å². The summed E-state index contributed by atoms with van der Waals surface area (Å²) in [6.45, 7) is 4.70. The average molecular weight is 577 g/mol. The summed E-state index contributed by atoms with van der Waals surface area (Å²) in [7, 11) is 0. The van der Waals surface area contributed by atoms with E-state index in [0.717, 1.165) is 27.3 Å². The normalized spacial score (nSPS) is 14.1. The number of benzene rings is 7. The Morgan fingerprint density at radius 1 is 0.467 bits per heavy atom. The van der Waals surface area contributed by atoms with Gasteiger partial charge in [0.2, 0.25) is 0 Å². The number of hydrogen-bond acceptors (Lipinski definition) is 1. The number of furan rings is 1. The quantitative estimate of drug-likeness (QED) is 0.190. The van der Waals surface area contributed by atoms with Crippen molar-refractivity contribution in [3.63, 3.8) is 0 Å². The van der Waals surface area contributed by atoms with Gasteiger partial charge < -0.3 is 4.42 Å². The van der Waals surface area contributed by atoms with Crippen molar-refractivity contribution in [1.82, 2.24) is 0 Å². The van der Waals surface area contributed by atoms with Crippen molar-refractivity contribution < 1.29 is 4.42 Å². The fraction of sp³-hybridized carbons (Fsp3) is 0.0909. The molecule has 0 amide bonds. The number of hydrogen-bond donors (Lipinski definition) is 0. The maximum absolute atomic E-state index is 6.51. The maximum atomic E-state index is 6.51. The second kappa shape index (κ2) is 9.81. The molecular formula is C44H32O. The zero-order valence-corrected chi connectivity index (χ0v) is 25.4. The lowest BCUT2D eigenvalue weighted by atomic mass is 9.79. The highest BCUT2D eigenvalue weighted by Gasteiger charge is 2.35. The maximum Gasteiger partial charge on any atom is 0.143 e. The molecule has 0 radical (unpaired) electrons. The molecule has 1 atom stereocenters. The largest absolute Gasteiger partial charge is 0.455 e. The van der Waals surface area contributed by atoms with Crippen LogP contribution in [0.25, 0.3) is 55.0 Å². The van der Waals surface area contributed by atoms with E-state index in [-0.39, 0.29) is 11.3 Å². The number of rotatable bonds is 4. The molecule has 0 bridgehead atoms. The second-order valence-corrected chi connectivity index (χ2v) is 12.9. The Kier molecular flexibility index (Phi) is 5.67. The first-order valence-electron chi connectivity index (χ1n) is 15.8. The van der Waals surface area contributed by atoms with Gasteiger partial charge in [-0.05, 0) is 73.7 Å². The van der Waals surface area contributed by atoms with Crippen molar-refractivity contribution in [2.24, 2.45) is 0 Å². The van der Waals surface area contributed by atoms with E-state index < -0.39 is 0 Å². The Morgan fingerprint density at radius 2 is 1.13 bits per heavy atom. The Hall–Kier alpha value is -5.40. The first-order valence-corrected chi connectivity index (χ1v) is 15.8. The Bertz CT molecular complexity index is 2410. The van der Waals surface area contributed by atoms with E-state index in [1.165, 1.54) is 55.5 Å². The molecule has 1 aliphatic rings. The van der Waals surface area contributed by atoms with Crippen LogP contribution in [0, 0.1) is 0 Å². The standard InChI is InChI=1S/C44H32O/c1-44(2)39-20-8-6-16-33(39)38-27-31(22-25-40(38)44)42(30-15-10-14-29(26-30)28-12-4-3-5-13-28)35-18-11-19-36-32(35)23-24-37-34-17-7-9-21-41(34)45-43(36)37/h3-27,42H,1-2H3. The molecule has 0 saturated heterocycles. The zero-order chi connectivity index (χ0) is 30.1. The van der Waals surface area contributed by atoms with E-state index in [4.69, 9.17) is 4.42 Å². The van der Waals surface area contributed by atoms with E-state index in [1.54, 1.807) is 0 Å². The highest BCUT2D eigenvalue weighted by molar-refractivity contribution is 6.15. The second-order valence-electron chi connectivity index (χ2n) is 12.9. The van der Waals surface area contributed by atoms with Crippen LogP contribution in [0.4, 0.5) is 0 Å². The van der Waals surface area contributed by atoms with Crippen LogP contribution in [-0.2, 0) is 5.41 Å². The van der Waals surface area contributed by atoms with Gasteiger partial charge in [0.05, 0.1) is 0 Å². The van der Waals surface area contributed by atoms with Crippen LogP contribution in [0.2, 0.25) is 0 Å². The third-order valence-electron chi connectivity index (χ3n) is 10.0. The van der Waals surface area contributed by atoms with Crippen molar-refractivity contribution in [2.75, 3.05) is 0 Å². The van der Waals surface area contributed by atoms with Crippen LogP contribution in [0.15, 0.2) is 156 Å². The van der Waals surface area contributed by atoms with E-state index in [9.17, 15) is 0 Å². The van der Waals surface area contributed by atoms with Gasteiger partial charge in [0, 0.05) is 27.5 Å². The molecule has 7 aromatic carbocycles. The third-order valence-corrected chi connectivity index (χ3v) is 10.0. The minimum Gasteiger partial charge on any atom is -0.455 e. The molecule has 1 nitrogen and oxygen atoms in total. The van der Waals surface area contributed by atoms with Gasteiger partial charge in [-0.25, -0.2) is 0 Å². The summed E-state index contributed by atoms with van der Waals surface area (Å²) in [5, 5.41) is 4.69. The summed E-state index contributed by atoms with van der Waals surface area (Å²) < 4.78 is 6.51. The lowest BCUT2D eigenvalue weighted by Gasteiger charge is -2.24. The molecule has 214 valence electrons. The summed E-state index contributed by atoms with van der Waals surface area (Å²) in [5.41, 5.74) is 13.6. The monoisotopic (exact) mass is 576 g/mol. The molecule has 1 aliphatic carbocycles. The van der Waals surface area contributed by atoms with Gasteiger partial charge in [-0.2, -0.15) is 0 Å². The van der Waals surface area contributed by atoms with Gasteiger partial charge >= 0.3 is 0 Å². The first-order chi connectivity index (χ1) is 22.1. The SMILES string of the molecule is CC1(C)c2ccccc2-c2cc(C(c3cccc(-c4ccccc4)c3)c3cccc4c3ccc3c5ccccc5oc43)ccc21. The van der Waals surface area contributed by atoms with Gasteiger partial charge in [0.15, 0.2) is 0 Å². The summed E-state index contributed by atoms with van der Waals surface area (Å²) in [6.07, 6.45) is 0. The Labute approximate surface area is 263 Å². The van der Waals surface area contributed by atoms with Gasteiger partial charge in [0.1, 0.15) is 11.2 Å². The molecule has 45 heavy (non-hydrogen) atoms. The summed E-state index contributed by atoms with van der Waals surface area (Å²) in [6, 6.07) is 55.5. The molecule has 1 aromatic heterocycles. The minimum absolute atomic E-state index is 0.0281. The average Bonchev–Trinajstić information content (AvgIpc) is 3.58. The van der Waals surface area contributed by atoms with E-state index in [1.807, 2.05) is 6.07 Å². The number of para-hydroxylation sites is 1. The van der Waals surface area contributed by atoms with Gasteiger partial charge in [0.25, 0.3) is 0 Å². The van der Waals surface area contributed by atoms with E-state index in [0.29, 0.717) is 0 Å². The zero-order valence-electron chi connectivity index (χ0n) is 25.4. The van der Waals surface area contributed by atoms with Gasteiger partial charge in [-0.3, -0.25) is 0 Å². The van der Waals surface area contributed by atoms with Gasteiger partial charge in [-0.15, -0.1) is 0 Å². The molecule has 0 fully saturated rings. The van der Waals surface area contributed by atoms with Crippen LogP contribution in [0.3, 0.4) is 0 Å². The fourth-order valence-corrected chi connectivity index (χ4v) is 7.81. The van der Waals surface area contributed by atoms with Gasteiger partial charge in [-0.1, -0.05) is 147 Å². The Balaban J connectivity index is 1.31. The summed E-state index contributed by atoms with van der Waals surface area (Å²) >= 11 is 0. The predicted molar refractivity (Wildman–Crippen MR) is 188 cm³/mol. The molecule has 0 spiro atoms. The molecule has 1 heterocycles. The summed E-state index contributed by atoms with van der Waals surface area (Å²) in [5.74, 6) is 0.0281. The third kappa shape index (κ3) is 3.94. The van der Waals surface area contributed by atoms with Crippen LogP contribution in [0.5, 0.6) is 0 Å². The van der Waals surface area contributed by atoms with Crippen LogP contribution >= 0.6 is 0 Å². The highest BCUT2D eigenvalue weighted by Crippen LogP contribution is 2.50. The molecular weight excluding hydrogens is 544 g/mol. The van der Waals surface area contributed by atoms with Crippen molar-refractivity contribution in [3.8, 4) is 22.3 Å². The lowest BCUT2D eigenvalue weighted by molar-refractivity contribution is 0.660. The highest BCUT2D eigenvalue weighted by atomic mass is 16.3. The molecule has 0 N–H and O–H groups in total. The topological polar surface area (TPSA) is 13.1 Å². The van der Waals surface area contributed by atoms with E-state index >= 15 is 0 Å². The molecule has 1 heteroatoms. The van der Waals surface area contributed by atoms with E-state index in [2.05, 4.69) is 159 Å². The molecule has 9 rings (SSSR count). The predicted octanol–water partition coefficient (Wildman–Crippen LogP) is 11.9. The molecule has 0 aliphatic heterocycles. The van der Waals surface area contributed by atoms with Crippen LogP contribution in [0.1, 0.15) is 47.6 Å². The number of fused-ring (bicyclic) bond motifs is 8. The Morgan fingerprint density at radius 3 is 2.04 bits per heavy atom. The molecule has 1 unspecified atom stereocenters. The lowest BCUT2D eigenvalue weighted by Crippen LogP contribution is -2.15. The first kappa shape index (κ1) is 26.0. The smallest absolute Gasteiger partial charge is 0.143 e. The van der Waals surface area contributed by atoms with Crippen molar-refractivity contribution in [2.45, 2.75) is 25.2 Å². The van der Waals surface area contributed by atoms with Crippen LogP contribution in [-0.4, -0.2) is 0 Å². The molecule has 0 saturated carbocycles. The van der Waals surface area contributed by atoms with Crippen molar-refractivity contribution >= 4 is 32.7 Å². The summed E-state index contributed by atoms with van der Waals surface area (Å²) in [4.78, 5) is 0.